The van der Waals surface area contributed by atoms with Crippen molar-refractivity contribution in [1.29, 1.82) is 0 Å². The number of likely N-dealkylation sites (tertiary alicyclic amines) is 1. The number of aliphatic hydroxyl groups is 1. The van der Waals surface area contributed by atoms with Gasteiger partial charge in [-0.3, -0.25) is 4.79 Å². The maximum atomic E-state index is 13.3. The van der Waals surface area contributed by atoms with Crippen LogP contribution < -0.4 is 5.32 Å². The SMILES string of the molecule is CCCCCCCN1C[C@@H]2C(NC(=O)C(O)(c3ccccc3)C3CCCC3)[C@@H]2C1. The van der Waals surface area contributed by atoms with Gasteiger partial charge in [0.15, 0.2) is 5.60 Å². The molecule has 2 saturated carbocycles. The fraction of sp³-hybridized carbons (Fsp3) is 0.720. The summed E-state index contributed by atoms with van der Waals surface area (Å²) in [6, 6.07) is 9.87. The molecule has 4 atom stereocenters. The molecule has 0 aromatic heterocycles. The Morgan fingerprint density at radius 3 is 2.38 bits per heavy atom. The van der Waals surface area contributed by atoms with E-state index in [0.29, 0.717) is 11.8 Å². The molecule has 1 heterocycles. The molecule has 3 aliphatic rings. The minimum atomic E-state index is -1.38. The summed E-state index contributed by atoms with van der Waals surface area (Å²) in [5.41, 5.74) is -0.628. The first-order chi connectivity index (χ1) is 14.1. The second-order valence-electron chi connectivity index (χ2n) is 9.61. The maximum absolute atomic E-state index is 13.3. The van der Waals surface area contributed by atoms with Gasteiger partial charge >= 0.3 is 0 Å². The van der Waals surface area contributed by atoms with E-state index in [1.807, 2.05) is 30.3 Å². The van der Waals surface area contributed by atoms with E-state index in [1.165, 1.54) is 38.6 Å². The zero-order valence-corrected chi connectivity index (χ0v) is 18.0. The number of fused-ring (bicyclic) bond motifs is 1. The number of hydrogen-bond donors (Lipinski definition) is 2. The van der Waals surface area contributed by atoms with Crippen molar-refractivity contribution in [2.45, 2.75) is 76.4 Å². The molecule has 1 amide bonds. The largest absolute Gasteiger partial charge is 0.375 e. The van der Waals surface area contributed by atoms with Gasteiger partial charge in [-0.25, -0.2) is 0 Å². The monoisotopic (exact) mass is 398 g/mol. The number of carbonyl (C=O) groups excluding carboxylic acids is 1. The van der Waals surface area contributed by atoms with Crippen molar-refractivity contribution in [2.75, 3.05) is 19.6 Å². The Hall–Kier alpha value is -1.39. The quantitative estimate of drug-likeness (QED) is 0.584. The van der Waals surface area contributed by atoms with Crippen LogP contribution in [0, 0.1) is 17.8 Å². The molecule has 4 rings (SSSR count). The smallest absolute Gasteiger partial charge is 0.257 e. The molecule has 2 N–H and O–H groups in total. The summed E-state index contributed by atoms with van der Waals surface area (Å²) < 4.78 is 0. The number of benzene rings is 1. The lowest BCUT2D eigenvalue weighted by Crippen LogP contribution is -2.51. The first-order valence-electron chi connectivity index (χ1n) is 12.0. The highest BCUT2D eigenvalue weighted by atomic mass is 16.3. The Kier molecular flexibility index (Phi) is 6.60. The predicted octanol–water partition coefficient (Wildman–Crippen LogP) is 4.08. The van der Waals surface area contributed by atoms with Gasteiger partial charge in [0.25, 0.3) is 5.91 Å². The van der Waals surface area contributed by atoms with Gasteiger partial charge in [0, 0.05) is 25.0 Å². The zero-order valence-electron chi connectivity index (χ0n) is 18.0. The lowest BCUT2D eigenvalue weighted by atomic mass is 9.79. The van der Waals surface area contributed by atoms with Gasteiger partial charge in [0.1, 0.15) is 0 Å². The van der Waals surface area contributed by atoms with Crippen molar-refractivity contribution in [3.8, 4) is 0 Å². The number of piperidine rings is 1. The van der Waals surface area contributed by atoms with Crippen LogP contribution in [0.2, 0.25) is 0 Å². The number of amides is 1. The average Bonchev–Trinajstić information content (AvgIpc) is 3.18. The van der Waals surface area contributed by atoms with Crippen molar-refractivity contribution in [2.24, 2.45) is 17.8 Å². The highest BCUT2D eigenvalue weighted by molar-refractivity contribution is 5.87. The van der Waals surface area contributed by atoms with Crippen LogP contribution in [0.1, 0.15) is 70.3 Å². The highest BCUT2D eigenvalue weighted by Crippen LogP contribution is 2.47. The molecule has 4 heteroatoms. The third-order valence-electron chi connectivity index (χ3n) is 7.65. The first-order valence-corrected chi connectivity index (χ1v) is 12.0. The summed E-state index contributed by atoms with van der Waals surface area (Å²) in [7, 11) is 0. The van der Waals surface area contributed by atoms with Crippen LogP contribution in [0.4, 0.5) is 0 Å². The minimum Gasteiger partial charge on any atom is -0.375 e. The Morgan fingerprint density at radius 2 is 1.72 bits per heavy atom. The lowest BCUT2D eigenvalue weighted by molar-refractivity contribution is -0.147. The maximum Gasteiger partial charge on any atom is 0.257 e. The molecule has 0 radical (unpaired) electrons. The van der Waals surface area contributed by atoms with Crippen molar-refractivity contribution in [3.63, 3.8) is 0 Å². The van der Waals surface area contributed by atoms with Gasteiger partial charge in [-0.1, -0.05) is 75.8 Å². The average molecular weight is 399 g/mol. The van der Waals surface area contributed by atoms with Crippen LogP contribution in [0.3, 0.4) is 0 Å². The summed E-state index contributed by atoms with van der Waals surface area (Å²) in [5.74, 6) is 1.03. The fourth-order valence-corrected chi connectivity index (χ4v) is 5.80. The summed E-state index contributed by atoms with van der Waals surface area (Å²) in [4.78, 5) is 15.9. The van der Waals surface area contributed by atoms with Gasteiger partial charge < -0.3 is 15.3 Å². The molecule has 2 aliphatic carbocycles. The summed E-state index contributed by atoms with van der Waals surface area (Å²) >= 11 is 0. The molecule has 29 heavy (non-hydrogen) atoms. The first kappa shape index (κ1) is 20.9. The lowest BCUT2D eigenvalue weighted by Gasteiger charge is -2.33. The number of nitrogens with one attached hydrogen (secondary N) is 1. The second-order valence-corrected chi connectivity index (χ2v) is 9.61. The third-order valence-corrected chi connectivity index (χ3v) is 7.65. The molecule has 160 valence electrons. The van der Waals surface area contributed by atoms with Crippen LogP contribution in [0.5, 0.6) is 0 Å². The Balaban J connectivity index is 1.30. The van der Waals surface area contributed by atoms with Crippen LogP contribution in [-0.4, -0.2) is 41.6 Å². The van der Waals surface area contributed by atoms with Crippen molar-refractivity contribution < 1.29 is 9.90 Å². The van der Waals surface area contributed by atoms with E-state index in [0.717, 1.165) is 44.3 Å². The Labute approximate surface area is 176 Å². The molecule has 2 unspecified atom stereocenters. The third kappa shape index (κ3) is 4.39. The van der Waals surface area contributed by atoms with E-state index < -0.39 is 5.60 Å². The molecular weight excluding hydrogens is 360 g/mol. The van der Waals surface area contributed by atoms with Crippen molar-refractivity contribution in [3.05, 3.63) is 35.9 Å². The number of nitrogens with zero attached hydrogens (tertiary/aromatic N) is 1. The standard InChI is InChI=1S/C25H38N2O2/c1-2-3-4-5-11-16-27-17-21-22(18-27)23(21)26-24(28)25(29,20-14-9-10-15-20)19-12-7-6-8-13-19/h6-8,12-13,20-23,29H,2-5,9-11,14-18H2,1H3,(H,26,28)/t21-,22+,23?,25?. The van der Waals surface area contributed by atoms with Crippen molar-refractivity contribution >= 4 is 5.91 Å². The Morgan fingerprint density at radius 1 is 1.07 bits per heavy atom. The predicted molar refractivity (Wildman–Crippen MR) is 116 cm³/mol. The molecule has 3 fully saturated rings. The summed E-state index contributed by atoms with van der Waals surface area (Å²) in [6.45, 7) is 5.68. The number of hydrogen-bond acceptors (Lipinski definition) is 3. The van der Waals surface area contributed by atoms with Gasteiger partial charge in [0.2, 0.25) is 0 Å². The topological polar surface area (TPSA) is 52.6 Å². The Bertz CT molecular complexity index is 661. The van der Waals surface area contributed by atoms with Crippen LogP contribution in [-0.2, 0) is 10.4 Å². The van der Waals surface area contributed by atoms with Gasteiger partial charge in [-0.2, -0.15) is 0 Å². The molecule has 1 aromatic carbocycles. The van der Waals surface area contributed by atoms with Gasteiger partial charge in [-0.15, -0.1) is 0 Å². The van der Waals surface area contributed by atoms with E-state index in [4.69, 9.17) is 0 Å². The molecule has 1 aliphatic heterocycles. The second kappa shape index (κ2) is 9.18. The molecule has 4 nitrogen and oxygen atoms in total. The van der Waals surface area contributed by atoms with E-state index in [-0.39, 0.29) is 17.9 Å². The zero-order chi connectivity index (χ0) is 20.3. The molecule has 0 spiro atoms. The summed E-state index contributed by atoms with van der Waals surface area (Å²) in [6.07, 6.45) is 10.7. The van der Waals surface area contributed by atoms with E-state index >= 15 is 0 Å². The molecule has 1 aromatic rings. The van der Waals surface area contributed by atoms with Crippen LogP contribution in [0.15, 0.2) is 30.3 Å². The fourth-order valence-electron chi connectivity index (χ4n) is 5.80. The van der Waals surface area contributed by atoms with Gasteiger partial charge in [0.05, 0.1) is 0 Å². The van der Waals surface area contributed by atoms with E-state index in [1.54, 1.807) is 0 Å². The normalized spacial score (nSPS) is 28.8. The number of rotatable bonds is 10. The number of unbranched alkanes of at least 4 members (excludes halogenated alkanes) is 4. The molecule has 0 bridgehead atoms. The van der Waals surface area contributed by atoms with E-state index in [9.17, 15) is 9.90 Å². The minimum absolute atomic E-state index is 0.0307. The van der Waals surface area contributed by atoms with Crippen LogP contribution in [0.25, 0.3) is 0 Å². The van der Waals surface area contributed by atoms with Crippen LogP contribution >= 0.6 is 0 Å². The summed E-state index contributed by atoms with van der Waals surface area (Å²) in [5, 5.41) is 14.9. The van der Waals surface area contributed by atoms with Gasteiger partial charge in [-0.05, 0) is 43.2 Å². The molecule has 1 saturated heterocycles. The highest BCUT2D eigenvalue weighted by Gasteiger charge is 2.58. The van der Waals surface area contributed by atoms with Crippen molar-refractivity contribution in [1.82, 2.24) is 10.2 Å². The van der Waals surface area contributed by atoms with E-state index in [2.05, 4.69) is 17.1 Å². The number of carbonyl (C=O) groups is 1. The molecular formula is C25H38N2O2.